The minimum Gasteiger partial charge on any atom is -0.463 e. The number of ether oxygens (including phenoxy) is 1. The molecule has 44 heavy (non-hydrogen) atoms. The van der Waals surface area contributed by atoms with Crippen LogP contribution in [0.15, 0.2) is 116 Å². The van der Waals surface area contributed by atoms with Gasteiger partial charge in [-0.2, -0.15) is 0 Å². The van der Waals surface area contributed by atoms with Crippen molar-refractivity contribution >= 4 is 46.5 Å². The molecule has 3 aromatic carbocycles. The number of carbonyl (C=O) groups is 1. The van der Waals surface area contributed by atoms with Crippen molar-refractivity contribution in [1.29, 1.82) is 0 Å². The molecule has 3 heterocycles. The van der Waals surface area contributed by atoms with E-state index in [1.54, 1.807) is 55.1 Å². The van der Waals surface area contributed by atoms with E-state index < -0.39 is 16.9 Å². The lowest BCUT2D eigenvalue weighted by atomic mass is 9.93. The minimum atomic E-state index is -0.794. The lowest BCUT2D eigenvalue weighted by molar-refractivity contribution is -0.384. The highest BCUT2D eigenvalue weighted by atomic mass is 32.2. The number of thiazole rings is 1. The Labute approximate surface area is 259 Å². The number of fused-ring (bicyclic) bond motifs is 1. The maximum atomic E-state index is 14.1. The molecular weight excluding hydrogens is 599 g/mol. The van der Waals surface area contributed by atoms with Crippen LogP contribution in [0.3, 0.4) is 0 Å². The van der Waals surface area contributed by atoms with Crippen molar-refractivity contribution in [2.45, 2.75) is 17.9 Å². The summed E-state index contributed by atoms with van der Waals surface area (Å²) >= 11 is 2.76. The Morgan fingerprint density at radius 1 is 1.07 bits per heavy atom. The quantitative estimate of drug-likeness (QED) is 0.0925. The standard InChI is InChI=1S/C33H25N3O6S2/c1-3-41-32(38)28-29(20-9-5-4-6-10-20)34-33-35(30(28)21-13-16-23(43-2)17-14-21)31(37)27(44-33)19-22-15-18-26(42-22)24-11-7-8-12-25(24)36(39)40/h4-19,30H,3H2,1-2H3/b27-19-. The SMILES string of the molecule is CCOC(=O)C1=C(c2ccccc2)N=c2s/c(=C\c3ccc(-c4ccccc4[N+](=O)[O-])o3)c(=O)n2C1c1ccc(SC)cc1. The van der Waals surface area contributed by atoms with Gasteiger partial charge < -0.3 is 9.15 Å². The molecule has 1 unspecified atom stereocenters. The number of hydrogen-bond acceptors (Lipinski definition) is 9. The second kappa shape index (κ2) is 12.3. The van der Waals surface area contributed by atoms with Crippen LogP contribution in [0.4, 0.5) is 5.69 Å². The van der Waals surface area contributed by atoms with Gasteiger partial charge in [0.05, 0.1) is 38.9 Å². The van der Waals surface area contributed by atoms with Gasteiger partial charge in [0.15, 0.2) is 4.80 Å². The number of carbonyl (C=O) groups excluding carboxylic acids is 1. The Kier molecular flexibility index (Phi) is 8.14. The van der Waals surface area contributed by atoms with Crippen LogP contribution in [0.2, 0.25) is 0 Å². The number of rotatable bonds is 8. The van der Waals surface area contributed by atoms with Gasteiger partial charge in [-0.1, -0.05) is 65.9 Å². The minimum absolute atomic E-state index is 0.0831. The number of nitro benzene ring substituents is 1. The maximum Gasteiger partial charge on any atom is 0.338 e. The average Bonchev–Trinajstić information content (AvgIpc) is 3.64. The van der Waals surface area contributed by atoms with Gasteiger partial charge in [0.2, 0.25) is 0 Å². The largest absolute Gasteiger partial charge is 0.463 e. The maximum absolute atomic E-state index is 14.1. The molecule has 220 valence electrons. The predicted octanol–water partition coefficient (Wildman–Crippen LogP) is 5.83. The normalized spacial score (nSPS) is 14.7. The van der Waals surface area contributed by atoms with Gasteiger partial charge in [-0.3, -0.25) is 19.5 Å². The third-order valence-corrected chi connectivity index (χ3v) is 8.80. The van der Waals surface area contributed by atoms with Crippen molar-refractivity contribution in [2.24, 2.45) is 4.99 Å². The van der Waals surface area contributed by atoms with Gasteiger partial charge in [0.1, 0.15) is 11.5 Å². The Hall–Kier alpha value is -5.00. The molecule has 0 fully saturated rings. The highest BCUT2D eigenvalue weighted by Crippen LogP contribution is 2.36. The summed E-state index contributed by atoms with van der Waals surface area (Å²) in [6, 6.07) is 25.9. The molecule has 6 rings (SSSR count). The van der Waals surface area contributed by atoms with E-state index in [0.29, 0.717) is 32.1 Å². The first-order valence-electron chi connectivity index (χ1n) is 13.7. The molecule has 0 saturated heterocycles. The van der Waals surface area contributed by atoms with Crippen LogP contribution in [0.5, 0.6) is 0 Å². The van der Waals surface area contributed by atoms with Crippen molar-refractivity contribution in [2.75, 3.05) is 12.9 Å². The molecule has 11 heteroatoms. The van der Waals surface area contributed by atoms with Gasteiger partial charge in [0.25, 0.3) is 11.2 Å². The van der Waals surface area contributed by atoms with Gasteiger partial charge in [-0.05, 0) is 49.1 Å². The molecule has 0 amide bonds. The molecule has 0 N–H and O–H groups in total. The fraction of sp³-hybridized carbons (Fsp3) is 0.121. The highest BCUT2D eigenvalue weighted by Gasteiger charge is 2.35. The van der Waals surface area contributed by atoms with Crippen molar-refractivity contribution in [3.8, 4) is 11.3 Å². The van der Waals surface area contributed by atoms with Gasteiger partial charge in [-0.25, -0.2) is 9.79 Å². The number of benzene rings is 3. The third-order valence-electron chi connectivity index (χ3n) is 7.07. The van der Waals surface area contributed by atoms with Crippen LogP contribution in [0, 0.1) is 10.1 Å². The van der Waals surface area contributed by atoms with Gasteiger partial charge in [-0.15, -0.1) is 11.8 Å². The van der Waals surface area contributed by atoms with E-state index in [0.717, 1.165) is 16.0 Å². The van der Waals surface area contributed by atoms with E-state index in [1.807, 2.05) is 60.9 Å². The second-order valence-corrected chi connectivity index (χ2v) is 11.6. The molecular formula is C33H25N3O6S2. The van der Waals surface area contributed by atoms with Crippen LogP contribution in [-0.4, -0.2) is 28.3 Å². The predicted molar refractivity (Wildman–Crippen MR) is 170 cm³/mol. The Balaban J connectivity index is 1.55. The topological polar surface area (TPSA) is 117 Å². The van der Waals surface area contributed by atoms with Crippen molar-refractivity contribution in [3.63, 3.8) is 0 Å². The number of para-hydroxylation sites is 1. The monoisotopic (exact) mass is 623 g/mol. The van der Waals surface area contributed by atoms with Crippen molar-refractivity contribution < 1.29 is 18.9 Å². The number of nitrogens with zero attached hydrogens (tertiary/aromatic N) is 3. The fourth-order valence-corrected chi connectivity index (χ4v) is 6.48. The number of furan rings is 1. The van der Waals surface area contributed by atoms with Gasteiger partial charge >= 0.3 is 5.97 Å². The smallest absolute Gasteiger partial charge is 0.338 e. The summed E-state index contributed by atoms with van der Waals surface area (Å²) in [5.74, 6) is 0.0969. The summed E-state index contributed by atoms with van der Waals surface area (Å²) in [5.41, 5.74) is 2.06. The first-order valence-corrected chi connectivity index (χ1v) is 15.7. The summed E-state index contributed by atoms with van der Waals surface area (Å²) in [6.07, 6.45) is 3.57. The zero-order valence-electron chi connectivity index (χ0n) is 23.6. The van der Waals surface area contributed by atoms with Crippen LogP contribution < -0.4 is 14.9 Å². The molecule has 1 aliphatic heterocycles. The zero-order valence-corrected chi connectivity index (χ0v) is 25.3. The highest BCUT2D eigenvalue weighted by molar-refractivity contribution is 7.98. The molecule has 0 aliphatic carbocycles. The first-order chi connectivity index (χ1) is 21.4. The number of hydrogen-bond donors (Lipinski definition) is 0. The molecule has 1 atom stereocenters. The summed E-state index contributed by atoms with van der Waals surface area (Å²) in [4.78, 5) is 45.1. The van der Waals surface area contributed by atoms with E-state index in [4.69, 9.17) is 14.1 Å². The van der Waals surface area contributed by atoms with E-state index in [1.165, 1.54) is 22.0 Å². The summed E-state index contributed by atoms with van der Waals surface area (Å²) in [6.45, 7) is 1.90. The van der Waals surface area contributed by atoms with Crippen molar-refractivity contribution in [1.82, 2.24) is 4.57 Å². The Morgan fingerprint density at radius 2 is 1.80 bits per heavy atom. The molecule has 1 aliphatic rings. The van der Waals surface area contributed by atoms with E-state index in [9.17, 15) is 19.7 Å². The fourth-order valence-electron chi connectivity index (χ4n) is 5.09. The second-order valence-electron chi connectivity index (χ2n) is 9.68. The molecule has 0 bridgehead atoms. The zero-order chi connectivity index (χ0) is 30.8. The third kappa shape index (κ3) is 5.43. The Morgan fingerprint density at radius 3 is 2.50 bits per heavy atom. The van der Waals surface area contributed by atoms with E-state index in [-0.39, 0.29) is 23.4 Å². The molecule has 0 spiro atoms. The van der Waals surface area contributed by atoms with Crippen molar-refractivity contribution in [3.05, 3.63) is 143 Å². The number of thioether (sulfide) groups is 1. The Bertz CT molecular complexity index is 2090. The average molecular weight is 624 g/mol. The molecule has 9 nitrogen and oxygen atoms in total. The number of nitro groups is 1. The van der Waals surface area contributed by atoms with Crippen LogP contribution >= 0.6 is 23.1 Å². The molecule has 2 aromatic heterocycles. The lowest BCUT2D eigenvalue weighted by Gasteiger charge is -2.26. The molecule has 0 saturated carbocycles. The summed E-state index contributed by atoms with van der Waals surface area (Å²) in [5, 5.41) is 11.5. The van der Waals surface area contributed by atoms with Crippen LogP contribution in [0.25, 0.3) is 23.1 Å². The molecule has 0 radical (unpaired) electrons. The first kappa shape index (κ1) is 29.1. The summed E-state index contributed by atoms with van der Waals surface area (Å²) in [7, 11) is 0. The molecule has 5 aromatic rings. The lowest BCUT2D eigenvalue weighted by Crippen LogP contribution is -2.40. The summed E-state index contributed by atoms with van der Waals surface area (Å²) < 4.78 is 13.3. The number of aromatic nitrogens is 1. The van der Waals surface area contributed by atoms with E-state index in [2.05, 4.69) is 0 Å². The van der Waals surface area contributed by atoms with Crippen LogP contribution in [0.1, 0.15) is 29.9 Å². The van der Waals surface area contributed by atoms with Gasteiger partial charge in [0, 0.05) is 22.6 Å². The van der Waals surface area contributed by atoms with Crippen LogP contribution in [-0.2, 0) is 9.53 Å². The van der Waals surface area contributed by atoms with E-state index >= 15 is 0 Å². The number of esters is 1.